The molecule has 9 nitrogen and oxygen atoms in total. The highest BCUT2D eigenvalue weighted by atomic mass is 19.3. The maximum Gasteiger partial charge on any atom is 0.281 e. The molecule has 1 atom stereocenters. The quantitative estimate of drug-likeness (QED) is 0.415. The molecule has 1 fully saturated rings. The van der Waals surface area contributed by atoms with E-state index in [1.807, 2.05) is 34.9 Å². The van der Waals surface area contributed by atoms with Crippen molar-refractivity contribution in [2.45, 2.75) is 12.0 Å². The van der Waals surface area contributed by atoms with Crippen LogP contribution in [0.15, 0.2) is 61.2 Å². The van der Waals surface area contributed by atoms with Gasteiger partial charge in [0, 0.05) is 36.1 Å². The predicted molar refractivity (Wildman–Crippen MR) is 122 cm³/mol. The number of nitrogens with zero attached hydrogens (tertiary/aromatic N) is 6. The molecule has 1 unspecified atom stereocenters. The van der Waals surface area contributed by atoms with Gasteiger partial charge in [0.2, 0.25) is 0 Å². The smallest absolute Gasteiger partial charge is 0.281 e. The number of rotatable bonds is 5. The van der Waals surface area contributed by atoms with E-state index >= 15 is 0 Å². The number of aromatic nitrogens is 6. The van der Waals surface area contributed by atoms with Gasteiger partial charge in [0.25, 0.3) is 5.92 Å². The van der Waals surface area contributed by atoms with Crippen LogP contribution in [0.1, 0.15) is 0 Å². The molecule has 0 spiro atoms. The lowest BCUT2D eigenvalue weighted by molar-refractivity contribution is 0.0138. The summed E-state index contributed by atoms with van der Waals surface area (Å²) in [6.45, 7) is -0.173. The zero-order valence-corrected chi connectivity index (χ0v) is 18.1. The maximum absolute atomic E-state index is 14.0. The van der Waals surface area contributed by atoms with Crippen molar-refractivity contribution in [2.75, 3.05) is 25.5 Å². The standard InChI is InChI=1S/C23H20F2N8O/c1-34-19-8-22-27-10-18(16-4-2-6-21(30-16)31-20-11-26-13-23(20,24)25)32(22)12-15(19)14-9-29-33-17(14)5-3-7-28-33/h2-10,12,20,26H,11,13H2,1H3,(H,30,31). The summed E-state index contributed by atoms with van der Waals surface area (Å²) in [6.07, 6.45) is 7.02. The van der Waals surface area contributed by atoms with Crippen molar-refractivity contribution in [3.8, 4) is 28.3 Å². The molecule has 0 saturated carbocycles. The van der Waals surface area contributed by atoms with E-state index in [1.54, 1.807) is 42.5 Å². The summed E-state index contributed by atoms with van der Waals surface area (Å²) in [6, 6.07) is 9.89. The summed E-state index contributed by atoms with van der Waals surface area (Å²) < 4.78 is 37.2. The number of ether oxygens (including phenoxy) is 1. The number of anilines is 1. The van der Waals surface area contributed by atoms with Gasteiger partial charge in [0.05, 0.1) is 43.0 Å². The summed E-state index contributed by atoms with van der Waals surface area (Å²) in [5.74, 6) is -1.82. The molecular formula is C23H20F2N8O. The van der Waals surface area contributed by atoms with Crippen LogP contribution in [-0.2, 0) is 0 Å². The van der Waals surface area contributed by atoms with Crippen molar-refractivity contribution >= 4 is 17.0 Å². The Morgan fingerprint density at radius 1 is 1.15 bits per heavy atom. The molecule has 1 aliphatic heterocycles. The van der Waals surface area contributed by atoms with E-state index in [0.29, 0.717) is 28.6 Å². The fourth-order valence-corrected chi connectivity index (χ4v) is 4.25. The molecule has 11 heteroatoms. The number of fused-ring (bicyclic) bond motifs is 2. The average molecular weight is 462 g/mol. The van der Waals surface area contributed by atoms with E-state index in [-0.39, 0.29) is 13.1 Å². The minimum atomic E-state index is -2.84. The molecular weight excluding hydrogens is 442 g/mol. The molecule has 0 bridgehead atoms. The van der Waals surface area contributed by atoms with E-state index < -0.39 is 12.0 Å². The van der Waals surface area contributed by atoms with Gasteiger partial charge in [-0.3, -0.25) is 4.40 Å². The third-order valence-corrected chi connectivity index (χ3v) is 5.98. The number of imidazole rings is 1. The van der Waals surface area contributed by atoms with Crippen molar-refractivity contribution in [1.82, 2.24) is 34.5 Å². The molecule has 0 aromatic carbocycles. The van der Waals surface area contributed by atoms with Gasteiger partial charge in [-0.05, 0) is 24.3 Å². The Bertz CT molecular complexity index is 1510. The van der Waals surface area contributed by atoms with Crippen LogP contribution in [0.4, 0.5) is 14.6 Å². The Hall–Kier alpha value is -4.12. The molecule has 2 N–H and O–H groups in total. The van der Waals surface area contributed by atoms with Crippen molar-refractivity contribution < 1.29 is 13.5 Å². The highest BCUT2D eigenvalue weighted by Gasteiger charge is 2.44. The normalized spacial score (nSPS) is 17.4. The molecule has 34 heavy (non-hydrogen) atoms. The lowest BCUT2D eigenvalue weighted by atomic mass is 10.1. The second-order valence-corrected chi connectivity index (χ2v) is 8.08. The van der Waals surface area contributed by atoms with Gasteiger partial charge in [-0.1, -0.05) is 6.07 Å². The number of nitrogens with one attached hydrogen (secondary N) is 2. The molecule has 0 radical (unpaired) electrons. The van der Waals surface area contributed by atoms with Gasteiger partial charge in [0.1, 0.15) is 23.3 Å². The van der Waals surface area contributed by atoms with Crippen LogP contribution in [0, 0.1) is 0 Å². The van der Waals surface area contributed by atoms with Gasteiger partial charge < -0.3 is 15.4 Å². The fourth-order valence-electron chi connectivity index (χ4n) is 4.25. The number of pyridine rings is 2. The lowest BCUT2D eigenvalue weighted by Crippen LogP contribution is -2.38. The van der Waals surface area contributed by atoms with Crippen LogP contribution in [0.2, 0.25) is 0 Å². The van der Waals surface area contributed by atoms with Gasteiger partial charge in [-0.15, -0.1) is 0 Å². The van der Waals surface area contributed by atoms with Crippen molar-refractivity contribution in [2.24, 2.45) is 0 Å². The first-order chi connectivity index (χ1) is 16.5. The van der Waals surface area contributed by atoms with E-state index in [2.05, 4.69) is 30.8 Å². The number of methoxy groups -OCH3 is 1. The number of halogens is 2. The molecule has 0 aliphatic carbocycles. The van der Waals surface area contributed by atoms with Gasteiger partial charge in [-0.25, -0.2) is 18.7 Å². The molecule has 172 valence electrons. The maximum atomic E-state index is 14.0. The second-order valence-electron chi connectivity index (χ2n) is 8.08. The number of hydrogen-bond donors (Lipinski definition) is 2. The molecule has 6 heterocycles. The van der Waals surface area contributed by atoms with Crippen molar-refractivity contribution in [1.29, 1.82) is 0 Å². The van der Waals surface area contributed by atoms with Gasteiger partial charge >= 0.3 is 0 Å². The van der Waals surface area contributed by atoms with Crippen molar-refractivity contribution in [3.05, 3.63) is 61.2 Å². The molecule has 1 aliphatic rings. The Labute approximate surface area is 192 Å². The lowest BCUT2D eigenvalue weighted by Gasteiger charge is -2.20. The molecule has 5 aromatic rings. The first-order valence-corrected chi connectivity index (χ1v) is 10.7. The van der Waals surface area contributed by atoms with Crippen LogP contribution in [0.3, 0.4) is 0 Å². The Balaban J connectivity index is 1.44. The van der Waals surface area contributed by atoms with Crippen LogP contribution >= 0.6 is 0 Å². The topological polar surface area (TPSA) is 93.7 Å². The van der Waals surface area contributed by atoms with Crippen LogP contribution in [0.5, 0.6) is 5.75 Å². The van der Waals surface area contributed by atoms with E-state index in [1.165, 1.54) is 0 Å². The summed E-state index contributed by atoms with van der Waals surface area (Å²) in [4.78, 5) is 9.09. The van der Waals surface area contributed by atoms with Crippen LogP contribution < -0.4 is 15.4 Å². The Morgan fingerprint density at radius 2 is 2.06 bits per heavy atom. The highest BCUT2D eigenvalue weighted by molar-refractivity contribution is 5.84. The van der Waals surface area contributed by atoms with Crippen molar-refractivity contribution in [3.63, 3.8) is 0 Å². The molecule has 5 aromatic heterocycles. The SMILES string of the molecule is COc1cc2ncc(-c3cccc(NC4CNCC4(F)F)n3)n2cc1-c1cnn2ncccc12. The molecule has 1 saturated heterocycles. The average Bonchev–Trinajstić information content (AvgIpc) is 3.55. The molecule has 0 amide bonds. The van der Waals surface area contributed by atoms with Gasteiger partial charge in [0.15, 0.2) is 0 Å². The summed E-state index contributed by atoms with van der Waals surface area (Å²) >= 11 is 0. The minimum absolute atomic E-state index is 0.173. The highest BCUT2D eigenvalue weighted by Crippen LogP contribution is 2.35. The van der Waals surface area contributed by atoms with Crippen LogP contribution in [0.25, 0.3) is 33.7 Å². The van der Waals surface area contributed by atoms with Crippen LogP contribution in [-0.4, -0.2) is 61.4 Å². The first kappa shape index (κ1) is 20.5. The summed E-state index contributed by atoms with van der Waals surface area (Å²) in [5, 5.41) is 14.1. The van der Waals surface area contributed by atoms with E-state index in [0.717, 1.165) is 16.6 Å². The monoisotopic (exact) mass is 462 g/mol. The fraction of sp³-hybridized carbons (Fsp3) is 0.217. The second kappa shape index (κ2) is 7.73. The minimum Gasteiger partial charge on any atom is -0.496 e. The van der Waals surface area contributed by atoms with E-state index in [9.17, 15) is 8.78 Å². The third-order valence-electron chi connectivity index (χ3n) is 5.98. The Kier molecular flexibility index (Phi) is 4.66. The zero-order valence-electron chi connectivity index (χ0n) is 18.1. The third kappa shape index (κ3) is 3.32. The zero-order chi connectivity index (χ0) is 23.3. The predicted octanol–water partition coefficient (Wildman–Crippen LogP) is 3.13. The summed E-state index contributed by atoms with van der Waals surface area (Å²) in [5.41, 5.74) is 4.47. The van der Waals surface area contributed by atoms with Gasteiger partial charge in [-0.2, -0.15) is 14.8 Å². The number of hydrogen-bond acceptors (Lipinski definition) is 7. The number of alkyl halides is 2. The summed E-state index contributed by atoms with van der Waals surface area (Å²) in [7, 11) is 1.60. The first-order valence-electron chi connectivity index (χ1n) is 10.7. The Morgan fingerprint density at radius 3 is 2.88 bits per heavy atom. The molecule has 6 rings (SSSR count). The van der Waals surface area contributed by atoms with E-state index in [4.69, 9.17) is 4.74 Å². The largest absolute Gasteiger partial charge is 0.496 e.